The summed E-state index contributed by atoms with van der Waals surface area (Å²) in [6.07, 6.45) is 5.94. The highest BCUT2D eigenvalue weighted by Crippen LogP contribution is 2.26. The average Bonchev–Trinajstić information content (AvgIpc) is 2.71. The summed E-state index contributed by atoms with van der Waals surface area (Å²) in [6.45, 7) is 0.308. The number of nitrogens with one attached hydrogen (secondary N) is 2. The molecule has 1 aromatic carbocycles. The minimum absolute atomic E-state index is 0.271. The van der Waals surface area contributed by atoms with E-state index in [1.54, 1.807) is 0 Å². The molecule has 1 saturated carbocycles. The summed E-state index contributed by atoms with van der Waals surface area (Å²) >= 11 is 0. The Kier molecular flexibility index (Phi) is 5.66. The quantitative estimate of drug-likeness (QED) is 0.749. The van der Waals surface area contributed by atoms with Crippen LogP contribution in [-0.2, 0) is 0 Å². The maximum absolute atomic E-state index is 12.1. The zero-order valence-corrected chi connectivity index (χ0v) is 13.6. The van der Waals surface area contributed by atoms with Crippen molar-refractivity contribution in [1.29, 1.82) is 0 Å². The number of carbonyl (C=O) groups is 1. The van der Waals surface area contributed by atoms with Crippen molar-refractivity contribution < 1.29 is 9.90 Å². The number of carbonyl (C=O) groups excluding carboxylic acids is 1. The van der Waals surface area contributed by atoms with Gasteiger partial charge in [0.1, 0.15) is 0 Å². The molecule has 3 N–H and O–H groups in total. The van der Waals surface area contributed by atoms with Gasteiger partial charge < -0.3 is 20.6 Å². The highest BCUT2D eigenvalue weighted by Gasteiger charge is 2.28. The van der Waals surface area contributed by atoms with Crippen molar-refractivity contribution in [3.8, 4) is 0 Å². The van der Waals surface area contributed by atoms with Gasteiger partial charge in [0.2, 0.25) is 0 Å². The average molecular weight is 305 g/mol. The van der Waals surface area contributed by atoms with Crippen LogP contribution in [0.5, 0.6) is 0 Å². The number of benzene rings is 1. The van der Waals surface area contributed by atoms with E-state index in [1.807, 2.05) is 43.3 Å². The van der Waals surface area contributed by atoms with E-state index in [4.69, 9.17) is 0 Å². The number of hydrogen-bond donors (Lipinski definition) is 3. The summed E-state index contributed by atoms with van der Waals surface area (Å²) in [5, 5.41) is 16.2. The van der Waals surface area contributed by atoms with Crippen molar-refractivity contribution in [2.45, 2.75) is 44.1 Å². The fraction of sp³-hybridized carbons (Fsp3) is 0.588. The first kappa shape index (κ1) is 16.6. The van der Waals surface area contributed by atoms with Crippen molar-refractivity contribution >= 4 is 17.4 Å². The second kappa shape index (κ2) is 7.49. The van der Waals surface area contributed by atoms with Gasteiger partial charge in [-0.05, 0) is 25.0 Å². The molecule has 0 saturated heterocycles. The molecule has 1 aliphatic rings. The van der Waals surface area contributed by atoms with E-state index in [2.05, 4.69) is 10.6 Å². The molecule has 5 heteroatoms. The van der Waals surface area contributed by atoms with Crippen LogP contribution in [0.3, 0.4) is 0 Å². The lowest BCUT2D eigenvalue weighted by Crippen LogP contribution is -2.44. The number of aliphatic hydroxyl groups is 1. The molecule has 122 valence electrons. The maximum atomic E-state index is 12.1. The van der Waals surface area contributed by atoms with Crippen molar-refractivity contribution in [1.82, 2.24) is 5.32 Å². The first-order valence-corrected chi connectivity index (χ1v) is 8.04. The molecule has 0 spiro atoms. The molecule has 0 atom stereocenters. The van der Waals surface area contributed by atoms with Gasteiger partial charge in [0, 0.05) is 20.6 Å². The third-order valence-electron chi connectivity index (χ3n) is 4.25. The van der Waals surface area contributed by atoms with Gasteiger partial charge in [-0.3, -0.25) is 0 Å². The second-order valence-electron chi connectivity index (χ2n) is 6.36. The maximum Gasteiger partial charge on any atom is 0.319 e. The summed E-state index contributed by atoms with van der Waals surface area (Å²) in [6, 6.07) is 7.38. The van der Waals surface area contributed by atoms with Gasteiger partial charge in [0.05, 0.1) is 17.0 Å². The van der Waals surface area contributed by atoms with Gasteiger partial charge in [0.25, 0.3) is 0 Å². The number of para-hydroxylation sites is 2. The van der Waals surface area contributed by atoms with Crippen molar-refractivity contribution in [3.63, 3.8) is 0 Å². The summed E-state index contributed by atoms with van der Waals surface area (Å²) in [5.41, 5.74) is 0.957. The van der Waals surface area contributed by atoms with Crippen LogP contribution in [0.1, 0.15) is 38.5 Å². The van der Waals surface area contributed by atoms with E-state index < -0.39 is 5.60 Å². The number of urea groups is 1. The molecule has 0 unspecified atom stereocenters. The van der Waals surface area contributed by atoms with Gasteiger partial charge in [0.15, 0.2) is 0 Å². The predicted octanol–water partition coefficient (Wildman–Crippen LogP) is 2.96. The molecule has 22 heavy (non-hydrogen) atoms. The lowest BCUT2D eigenvalue weighted by atomic mass is 9.95. The van der Waals surface area contributed by atoms with Crippen LogP contribution >= 0.6 is 0 Å². The molecule has 1 aliphatic carbocycles. The SMILES string of the molecule is CN(C)c1ccccc1NC(=O)NCC1(O)CCCCCC1. The Labute approximate surface area is 132 Å². The minimum Gasteiger partial charge on any atom is -0.388 e. The van der Waals surface area contributed by atoms with Crippen LogP contribution in [0.25, 0.3) is 0 Å². The van der Waals surface area contributed by atoms with Gasteiger partial charge in [-0.25, -0.2) is 4.79 Å². The molecular weight excluding hydrogens is 278 g/mol. The molecule has 0 heterocycles. The Hall–Kier alpha value is -1.75. The Morgan fingerprint density at radius 2 is 1.82 bits per heavy atom. The highest BCUT2D eigenvalue weighted by molar-refractivity contribution is 5.93. The van der Waals surface area contributed by atoms with E-state index in [9.17, 15) is 9.90 Å². The van der Waals surface area contributed by atoms with Gasteiger partial charge >= 0.3 is 6.03 Å². The van der Waals surface area contributed by atoms with Crippen LogP contribution in [0.15, 0.2) is 24.3 Å². The van der Waals surface area contributed by atoms with Crippen LogP contribution in [-0.4, -0.2) is 37.4 Å². The lowest BCUT2D eigenvalue weighted by Gasteiger charge is -2.27. The minimum atomic E-state index is -0.755. The molecule has 0 bridgehead atoms. The van der Waals surface area contributed by atoms with E-state index in [-0.39, 0.29) is 6.03 Å². The zero-order valence-electron chi connectivity index (χ0n) is 13.6. The Bertz CT molecular complexity index is 494. The number of amides is 2. The highest BCUT2D eigenvalue weighted by atomic mass is 16.3. The molecule has 2 amide bonds. The molecule has 1 aromatic rings. The molecular formula is C17H27N3O2. The van der Waals surface area contributed by atoms with E-state index >= 15 is 0 Å². The normalized spacial score (nSPS) is 17.4. The fourth-order valence-corrected chi connectivity index (χ4v) is 2.94. The molecule has 0 aliphatic heterocycles. The predicted molar refractivity (Wildman–Crippen MR) is 90.4 cm³/mol. The second-order valence-corrected chi connectivity index (χ2v) is 6.36. The summed E-state index contributed by atoms with van der Waals surface area (Å²) in [7, 11) is 3.87. The number of rotatable bonds is 4. The Balaban J connectivity index is 1.90. The fourth-order valence-electron chi connectivity index (χ4n) is 2.94. The topological polar surface area (TPSA) is 64.6 Å². The van der Waals surface area contributed by atoms with Crippen LogP contribution in [0.2, 0.25) is 0 Å². The third kappa shape index (κ3) is 4.63. The van der Waals surface area contributed by atoms with E-state index in [0.717, 1.165) is 37.1 Å². The van der Waals surface area contributed by atoms with Gasteiger partial charge in [-0.1, -0.05) is 37.8 Å². The van der Waals surface area contributed by atoms with Gasteiger partial charge in [-0.2, -0.15) is 0 Å². The molecule has 1 fully saturated rings. The van der Waals surface area contributed by atoms with Crippen molar-refractivity contribution in [2.24, 2.45) is 0 Å². The monoisotopic (exact) mass is 305 g/mol. The zero-order chi connectivity index (χ0) is 16.0. The largest absolute Gasteiger partial charge is 0.388 e. The number of nitrogens with zero attached hydrogens (tertiary/aromatic N) is 1. The smallest absolute Gasteiger partial charge is 0.319 e. The summed E-state index contributed by atoms with van der Waals surface area (Å²) in [5.74, 6) is 0. The molecule has 5 nitrogen and oxygen atoms in total. The lowest BCUT2D eigenvalue weighted by molar-refractivity contribution is 0.0281. The Morgan fingerprint density at radius 1 is 1.18 bits per heavy atom. The molecule has 2 rings (SSSR count). The number of hydrogen-bond acceptors (Lipinski definition) is 3. The third-order valence-corrected chi connectivity index (χ3v) is 4.25. The van der Waals surface area contributed by atoms with Crippen LogP contribution < -0.4 is 15.5 Å². The summed E-state index contributed by atoms with van der Waals surface area (Å²) < 4.78 is 0. The first-order chi connectivity index (χ1) is 10.5. The molecule has 0 radical (unpaired) electrons. The Morgan fingerprint density at radius 3 is 2.45 bits per heavy atom. The van der Waals surface area contributed by atoms with Crippen molar-refractivity contribution in [2.75, 3.05) is 30.9 Å². The van der Waals surface area contributed by atoms with Crippen LogP contribution in [0.4, 0.5) is 16.2 Å². The van der Waals surface area contributed by atoms with Crippen molar-refractivity contribution in [3.05, 3.63) is 24.3 Å². The standard InChI is InChI=1S/C17H27N3O2/c1-20(2)15-10-6-5-9-14(15)19-16(21)18-13-17(22)11-7-3-4-8-12-17/h5-6,9-10,22H,3-4,7-8,11-13H2,1-2H3,(H2,18,19,21). The van der Waals surface area contributed by atoms with Gasteiger partial charge in [-0.15, -0.1) is 0 Å². The van der Waals surface area contributed by atoms with Crippen LogP contribution in [0, 0.1) is 0 Å². The first-order valence-electron chi connectivity index (χ1n) is 8.04. The number of anilines is 2. The molecule has 0 aromatic heterocycles. The summed E-state index contributed by atoms with van der Waals surface area (Å²) in [4.78, 5) is 14.1. The van der Waals surface area contributed by atoms with E-state index in [0.29, 0.717) is 6.54 Å². The van der Waals surface area contributed by atoms with E-state index in [1.165, 1.54) is 12.8 Å².